The summed E-state index contributed by atoms with van der Waals surface area (Å²) in [7, 11) is 2.18. The maximum Gasteiger partial charge on any atom is 0.0806 e. The molecular formula is C11H27N3O. The van der Waals surface area contributed by atoms with Gasteiger partial charge in [-0.25, -0.2) is 5.90 Å². The number of nitrogens with zero attached hydrogens (tertiary/aromatic N) is 2. The van der Waals surface area contributed by atoms with Gasteiger partial charge in [0.05, 0.1) is 6.61 Å². The Hall–Kier alpha value is -0.160. The predicted molar refractivity (Wildman–Crippen MR) is 64.6 cm³/mol. The standard InChI is InChI=1S/C9H21N3O.C2H6/c1-8-9(2)12(6-7-13-10)5-4-11(8)3;1-2/h8-9H,4-7,10H2,1-3H3;1-2H3. The highest BCUT2D eigenvalue weighted by molar-refractivity contribution is 4.84. The van der Waals surface area contributed by atoms with Gasteiger partial charge in [-0.15, -0.1) is 0 Å². The molecule has 92 valence electrons. The van der Waals surface area contributed by atoms with Gasteiger partial charge in [-0.3, -0.25) is 4.90 Å². The van der Waals surface area contributed by atoms with Crippen molar-refractivity contribution in [2.45, 2.75) is 39.8 Å². The number of rotatable bonds is 3. The highest BCUT2D eigenvalue weighted by Gasteiger charge is 2.27. The van der Waals surface area contributed by atoms with E-state index in [1.807, 2.05) is 13.8 Å². The normalized spacial score (nSPS) is 28.4. The molecule has 15 heavy (non-hydrogen) atoms. The van der Waals surface area contributed by atoms with Gasteiger partial charge < -0.3 is 9.74 Å². The van der Waals surface area contributed by atoms with Crippen LogP contribution in [-0.2, 0) is 4.84 Å². The summed E-state index contributed by atoms with van der Waals surface area (Å²) in [6.45, 7) is 12.3. The molecule has 2 N–H and O–H groups in total. The number of piperazine rings is 1. The molecule has 0 aliphatic carbocycles. The van der Waals surface area contributed by atoms with Crippen molar-refractivity contribution in [1.29, 1.82) is 0 Å². The van der Waals surface area contributed by atoms with E-state index >= 15 is 0 Å². The third-order valence-electron chi connectivity index (χ3n) is 3.21. The van der Waals surface area contributed by atoms with Crippen molar-refractivity contribution in [3.8, 4) is 0 Å². The van der Waals surface area contributed by atoms with Crippen molar-refractivity contribution < 1.29 is 4.84 Å². The van der Waals surface area contributed by atoms with Crippen molar-refractivity contribution in [1.82, 2.24) is 9.80 Å². The number of hydrogen-bond acceptors (Lipinski definition) is 4. The maximum absolute atomic E-state index is 5.02. The van der Waals surface area contributed by atoms with Gasteiger partial charge in [-0.1, -0.05) is 13.8 Å². The molecule has 1 saturated heterocycles. The molecule has 0 radical (unpaired) electrons. The van der Waals surface area contributed by atoms with Crippen LogP contribution in [0.3, 0.4) is 0 Å². The van der Waals surface area contributed by atoms with Crippen molar-refractivity contribution >= 4 is 0 Å². The molecule has 0 aromatic heterocycles. The van der Waals surface area contributed by atoms with E-state index in [1.54, 1.807) is 0 Å². The van der Waals surface area contributed by atoms with Crippen LogP contribution in [0.1, 0.15) is 27.7 Å². The third-order valence-corrected chi connectivity index (χ3v) is 3.21. The SMILES string of the molecule is CC.CC1C(C)N(CCON)CCN1C. The summed E-state index contributed by atoms with van der Waals surface area (Å²) in [6, 6.07) is 1.21. The van der Waals surface area contributed by atoms with E-state index in [1.165, 1.54) is 0 Å². The fourth-order valence-electron chi connectivity index (χ4n) is 1.85. The van der Waals surface area contributed by atoms with Crippen molar-refractivity contribution in [3.63, 3.8) is 0 Å². The first kappa shape index (κ1) is 14.8. The van der Waals surface area contributed by atoms with E-state index in [9.17, 15) is 0 Å². The Balaban J connectivity index is 0.000000921. The number of likely N-dealkylation sites (N-methyl/N-ethyl adjacent to an activating group) is 1. The van der Waals surface area contributed by atoms with E-state index in [2.05, 4.69) is 35.5 Å². The quantitative estimate of drug-likeness (QED) is 0.714. The van der Waals surface area contributed by atoms with E-state index in [0.29, 0.717) is 18.7 Å². The molecule has 0 bridgehead atoms. The largest absolute Gasteiger partial charge is 0.303 e. The first-order valence-corrected chi connectivity index (χ1v) is 5.92. The molecular weight excluding hydrogens is 190 g/mol. The van der Waals surface area contributed by atoms with Crippen LogP contribution < -0.4 is 5.90 Å². The molecule has 4 nitrogen and oxygen atoms in total. The zero-order chi connectivity index (χ0) is 11.8. The minimum atomic E-state index is 0.592. The number of hydrogen-bond donors (Lipinski definition) is 1. The fraction of sp³-hybridized carbons (Fsp3) is 1.00. The molecule has 0 aromatic rings. The molecule has 0 aromatic carbocycles. The van der Waals surface area contributed by atoms with Gasteiger partial charge in [-0.05, 0) is 20.9 Å². The highest BCUT2D eigenvalue weighted by Crippen LogP contribution is 2.14. The van der Waals surface area contributed by atoms with Gasteiger partial charge in [0.15, 0.2) is 0 Å². The van der Waals surface area contributed by atoms with Crippen LogP contribution in [0, 0.1) is 0 Å². The summed E-state index contributed by atoms with van der Waals surface area (Å²) in [5, 5.41) is 0. The van der Waals surface area contributed by atoms with Gasteiger partial charge >= 0.3 is 0 Å². The summed E-state index contributed by atoms with van der Waals surface area (Å²) < 4.78 is 0. The van der Waals surface area contributed by atoms with Crippen LogP contribution in [0.4, 0.5) is 0 Å². The molecule has 1 fully saturated rings. The smallest absolute Gasteiger partial charge is 0.0806 e. The molecule has 2 unspecified atom stereocenters. The highest BCUT2D eigenvalue weighted by atomic mass is 16.6. The molecule has 1 aliphatic rings. The lowest BCUT2D eigenvalue weighted by Gasteiger charge is -2.43. The molecule has 1 heterocycles. The molecule has 1 rings (SSSR count). The summed E-state index contributed by atoms with van der Waals surface area (Å²) >= 11 is 0. The van der Waals surface area contributed by atoms with Crippen molar-refractivity contribution in [2.75, 3.05) is 33.3 Å². The Morgan fingerprint density at radius 2 is 1.80 bits per heavy atom. The zero-order valence-corrected chi connectivity index (χ0v) is 10.9. The van der Waals surface area contributed by atoms with Crippen LogP contribution >= 0.6 is 0 Å². The average Bonchev–Trinajstić information content (AvgIpc) is 2.28. The lowest BCUT2D eigenvalue weighted by atomic mass is 10.1. The lowest BCUT2D eigenvalue weighted by molar-refractivity contribution is 0.0255. The van der Waals surface area contributed by atoms with Crippen molar-refractivity contribution in [3.05, 3.63) is 0 Å². The molecule has 0 spiro atoms. The summed E-state index contributed by atoms with van der Waals surface area (Å²) in [5.74, 6) is 5.02. The zero-order valence-electron chi connectivity index (χ0n) is 10.9. The van der Waals surface area contributed by atoms with E-state index in [0.717, 1.165) is 19.6 Å². The van der Waals surface area contributed by atoms with Crippen LogP contribution in [0.15, 0.2) is 0 Å². The monoisotopic (exact) mass is 217 g/mol. The van der Waals surface area contributed by atoms with Gasteiger partial charge in [-0.2, -0.15) is 0 Å². The Labute approximate surface area is 94.3 Å². The first-order chi connectivity index (χ1) is 7.16. The fourth-order valence-corrected chi connectivity index (χ4v) is 1.85. The second-order valence-corrected chi connectivity index (χ2v) is 3.87. The van der Waals surface area contributed by atoms with Crippen LogP contribution in [0.2, 0.25) is 0 Å². The van der Waals surface area contributed by atoms with Gasteiger partial charge in [0.2, 0.25) is 0 Å². The number of nitrogens with two attached hydrogens (primary N) is 1. The molecule has 2 atom stereocenters. The summed E-state index contributed by atoms with van der Waals surface area (Å²) in [6.07, 6.45) is 0. The van der Waals surface area contributed by atoms with Crippen LogP contribution in [-0.4, -0.2) is 55.2 Å². The maximum atomic E-state index is 5.02. The second kappa shape index (κ2) is 8.05. The Bertz CT molecular complexity index is 153. The summed E-state index contributed by atoms with van der Waals surface area (Å²) in [4.78, 5) is 9.42. The summed E-state index contributed by atoms with van der Waals surface area (Å²) in [5.41, 5.74) is 0. The van der Waals surface area contributed by atoms with E-state index < -0.39 is 0 Å². The molecule has 0 amide bonds. The Morgan fingerprint density at radius 3 is 2.33 bits per heavy atom. The average molecular weight is 217 g/mol. The molecule has 0 saturated carbocycles. The first-order valence-electron chi connectivity index (χ1n) is 5.92. The minimum Gasteiger partial charge on any atom is -0.303 e. The molecule has 4 heteroatoms. The third kappa shape index (κ3) is 4.47. The van der Waals surface area contributed by atoms with Crippen LogP contribution in [0.5, 0.6) is 0 Å². The Kier molecular flexibility index (Phi) is 7.96. The topological polar surface area (TPSA) is 41.7 Å². The van der Waals surface area contributed by atoms with E-state index in [-0.39, 0.29) is 0 Å². The van der Waals surface area contributed by atoms with Gasteiger partial charge in [0.1, 0.15) is 0 Å². The van der Waals surface area contributed by atoms with Crippen molar-refractivity contribution in [2.24, 2.45) is 5.90 Å². The lowest BCUT2D eigenvalue weighted by Crippen LogP contribution is -2.56. The Morgan fingerprint density at radius 1 is 1.20 bits per heavy atom. The van der Waals surface area contributed by atoms with Gasteiger partial charge in [0, 0.05) is 31.7 Å². The van der Waals surface area contributed by atoms with E-state index in [4.69, 9.17) is 5.90 Å². The minimum absolute atomic E-state index is 0.592. The predicted octanol–water partition coefficient (Wildman–Crippen LogP) is 0.927. The second-order valence-electron chi connectivity index (χ2n) is 3.87. The van der Waals surface area contributed by atoms with Crippen LogP contribution in [0.25, 0.3) is 0 Å². The molecule has 1 aliphatic heterocycles. The van der Waals surface area contributed by atoms with Gasteiger partial charge in [0.25, 0.3) is 0 Å².